The van der Waals surface area contributed by atoms with E-state index in [0.717, 1.165) is 11.4 Å². The summed E-state index contributed by atoms with van der Waals surface area (Å²) in [4.78, 5) is 28.0. The molecule has 98 valence electrons. The van der Waals surface area contributed by atoms with E-state index in [1.807, 2.05) is 6.20 Å². The highest BCUT2D eigenvalue weighted by Gasteiger charge is 2.41. The monoisotopic (exact) mass is 268 g/mol. The Kier molecular flexibility index (Phi) is 3.96. The maximum atomic E-state index is 11.8. The quantitative estimate of drug-likeness (QED) is 0.846. The number of nitrogens with zero attached hydrogens (tertiary/aromatic N) is 1. The molecule has 1 aliphatic rings. The highest BCUT2D eigenvalue weighted by atomic mass is 32.1. The molecule has 0 spiro atoms. The van der Waals surface area contributed by atoms with Gasteiger partial charge in [-0.25, -0.2) is 4.98 Å². The minimum absolute atomic E-state index is 0.165. The fraction of sp³-hybridized carbons (Fsp3) is 0.583. The van der Waals surface area contributed by atoms with Crippen LogP contribution >= 0.6 is 11.3 Å². The van der Waals surface area contributed by atoms with Crippen LogP contribution in [0, 0.1) is 11.8 Å². The van der Waals surface area contributed by atoms with Gasteiger partial charge in [0.1, 0.15) is 5.01 Å². The maximum absolute atomic E-state index is 11.8. The molecule has 1 amide bonds. The number of thiazole rings is 1. The van der Waals surface area contributed by atoms with Crippen LogP contribution in [0.2, 0.25) is 0 Å². The van der Waals surface area contributed by atoms with Crippen LogP contribution in [0.1, 0.15) is 29.7 Å². The molecule has 1 aliphatic carbocycles. The van der Waals surface area contributed by atoms with E-state index in [0.29, 0.717) is 19.4 Å². The van der Waals surface area contributed by atoms with Crippen molar-refractivity contribution < 1.29 is 14.7 Å². The molecule has 2 atom stereocenters. The Balaban J connectivity index is 1.83. The highest BCUT2D eigenvalue weighted by Crippen LogP contribution is 2.34. The normalized spacial score (nSPS) is 22.3. The van der Waals surface area contributed by atoms with Gasteiger partial charge in [0, 0.05) is 11.1 Å². The first-order valence-corrected chi connectivity index (χ1v) is 6.87. The lowest BCUT2D eigenvalue weighted by Gasteiger charge is -2.31. The van der Waals surface area contributed by atoms with Gasteiger partial charge in [0.2, 0.25) is 5.91 Å². The molecule has 1 saturated carbocycles. The van der Waals surface area contributed by atoms with Crippen LogP contribution in [0.4, 0.5) is 0 Å². The van der Waals surface area contributed by atoms with Crippen molar-refractivity contribution in [1.82, 2.24) is 10.3 Å². The molecule has 1 heterocycles. The molecule has 0 aliphatic heterocycles. The molecular formula is C12H16N2O3S. The Morgan fingerprint density at radius 2 is 2.22 bits per heavy atom. The SMILES string of the molecule is CCc1cnc(CNC(=O)C2CCC2C(=O)O)s1. The molecule has 0 saturated heterocycles. The summed E-state index contributed by atoms with van der Waals surface area (Å²) in [5, 5.41) is 12.5. The van der Waals surface area contributed by atoms with Gasteiger partial charge in [-0.05, 0) is 19.3 Å². The van der Waals surface area contributed by atoms with Crippen LogP contribution in [0.15, 0.2) is 6.20 Å². The van der Waals surface area contributed by atoms with Crippen molar-refractivity contribution in [2.24, 2.45) is 11.8 Å². The summed E-state index contributed by atoms with van der Waals surface area (Å²) < 4.78 is 0. The van der Waals surface area contributed by atoms with Gasteiger partial charge in [0.25, 0.3) is 0 Å². The number of amides is 1. The van der Waals surface area contributed by atoms with E-state index in [9.17, 15) is 9.59 Å². The van der Waals surface area contributed by atoms with Crippen LogP contribution < -0.4 is 5.32 Å². The summed E-state index contributed by atoms with van der Waals surface area (Å²) in [5.74, 6) is -1.91. The van der Waals surface area contributed by atoms with E-state index in [1.165, 1.54) is 4.88 Å². The van der Waals surface area contributed by atoms with Crippen molar-refractivity contribution in [3.05, 3.63) is 16.1 Å². The van der Waals surface area contributed by atoms with E-state index in [4.69, 9.17) is 5.11 Å². The predicted octanol–water partition coefficient (Wildman–Crippen LogP) is 1.43. The van der Waals surface area contributed by atoms with E-state index in [1.54, 1.807) is 11.3 Å². The van der Waals surface area contributed by atoms with Crippen LogP contribution in [0.5, 0.6) is 0 Å². The summed E-state index contributed by atoms with van der Waals surface area (Å²) in [7, 11) is 0. The average molecular weight is 268 g/mol. The Bertz CT molecular complexity index is 458. The second-order valence-corrected chi connectivity index (χ2v) is 5.62. The minimum atomic E-state index is -0.871. The van der Waals surface area contributed by atoms with Gasteiger partial charge in [-0.3, -0.25) is 9.59 Å². The zero-order valence-corrected chi connectivity index (χ0v) is 11.0. The van der Waals surface area contributed by atoms with Gasteiger partial charge < -0.3 is 10.4 Å². The molecule has 18 heavy (non-hydrogen) atoms. The Morgan fingerprint density at radius 3 is 2.72 bits per heavy atom. The third-order valence-electron chi connectivity index (χ3n) is 3.29. The zero-order chi connectivity index (χ0) is 13.1. The maximum Gasteiger partial charge on any atom is 0.307 e. The lowest BCUT2D eigenvalue weighted by atomic mass is 9.73. The number of carboxylic acids is 1. The summed E-state index contributed by atoms with van der Waals surface area (Å²) in [6.45, 7) is 2.45. The minimum Gasteiger partial charge on any atom is -0.481 e. The lowest BCUT2D eigenvalue weighted by molar-refractivity contribution is -0.152. The summed E-state index contributed by atoms with van der Waals surface area (Å²) >= 11 is 1.58. The molecule has 2 N–H and O–H groups in total. The number of aliphatic carboxylic acids is 1. The van der Waals surface area contributed by atoms with Crippen molar-refractivity contribution in [3.8, 4) is 0 Å². The Morgan fingerprint density at radius 1 is 1.50 bits per heavy atom. The van der Waals surface area contributed by atoms with E-state index in [-0.39, 0.29) is 11.8 Å². The first kappa shape index (κ1) is 13.0. The topological polar surface area (TPSA) is 79.3 Å². The van der Waals surface area contributed by atoms with Crippen LogP contribution in [-0.4, -0.2) is 22.0 Å². The van der Waals surface area contributed by atoms with E-state index in [2.05, 4.69) is 17.2 Å². The van der Waals surface area contributed by atoms with Crippen LogP contribution in [0.3, 0.4) is 0 Å². The third-order valence-corrected chi connectivity index (χ3v) is 4.43. The lowest BCUT2D eigenvalue weighted by Crippen LogP contribution is -2.43. The van der Waals surface area contributed by atoms with Crippen molar-refractivity contribution in [2.75, 3.05) is 0 Å². The molecule has 5 nitrogen and oxygen atoms in total. The highest BCUT2D eigenvalue weighted by molar-refractivity contribution is 7.11. The number of carbonyl (C=O) groups is 2. The largest absolute Gasteiger partial charge is 0.481 e. The number of aryl methyl sites for hydroxylation is 1. The number of aromatic nitrogens is 1. The summed E-state index contributed by atoms with van der Waals surface area (Å²) in [5.41, 5.74) is 0. The molecular weight excluding hydrogens is 252 g/mol. The number of hydrogen-bond acceptors (Lipinski definition) is 4. The van der Waals surface area contributed by atoms with Gasteiger partial charge in [-0.15, -0.1) is 11.3 Å². The van der Waals surface area contributed by atoms with E-state index < -0.39 is 11.9 Å². The number of carboxylic acid groups (broad SMARTS) is 1. The van der Waals surface area contributed by atoms with Gasteiger partial charge >= 0.3 is 5.97 Å². The summed E-state index contributed by atoms with van der Waals surface area (Å²) in [6.07, 6.45) is 4.02. The smallest absolute Gasteiger partial charge is 0.307 e. The van der Waals surface area contributed by atoms with Gasteiger partial charge in [-0.1, -0.05) is 6.92 Å². The molecule has 0 aromatic carbocycles. The van der Waals surface area contributed by atoms with Crippen molar-refractivity contribution >= 4 is 23.2 Å². The van der Waals surface area contributed by atoms with Gasteiger partial charge in [0.05, 0.1) is 18.4 Å². The second-order valence-electron chi connectivity index (χ2n) is 4.42. The van der Waals surface area contributed by atoms with Crippen molar-refractivity contribution in [3.63, 3.8) is 0 Å². The molecule has 1 fully saturated rings. The van der Waals surface area contributed by atoms with Crippen molar-refractivity contribution in [2.45, 2.75) is 32.7 Å². The molecule has 0 radical (unpaired) electrons. The average Bonchev–Trinajstić information content (AvgIpc) is 2.71. The first-order chi connectivity index (χ1) is 8.61. The molecule has 0 bridgehead atoms. The molecule has 1 aromatic heterocycles. The van der Waals surface area contributed by atoms with Crippen LogP contribution in [0.25, 0.3) is 0 Å². The van der Waals surface area contributed by atoms with E-state index >= 15 is 0 Å². The van der Waals surface area contributed by atoms with Gasteiger partial charge in [0.15, 0.2) is 0 Å². The van der Waals surface area contributed by atoms with Crippen LogP contribution in [-0.2, 0) is 22.6 Å². The predicted molar refractivity (Wildman–Crippen MR) is 67.2 cm³/mol. The van der Waals surface area contributed by atoms with Crippen molar-refractivity contribution in [1.29, 1.82) is 0 Å². The third kappa shape index (κ3) is 2.69. The first-order valence-electron chi connectivity index (χ1n) is 6.06. The number of hydrogen-bond donors (Lipinski definition) is 2. The molecule has 6 heteroatoms. The zero-order valence-electron chi connectivity index (χ0n) is 10.2. The fourth-order valence-corrected chi connectivity index (χ4v) is 2.80. The second kappa shape index (κ2) is 5.48. The summed E-state index contributed by atoms with van der Waals surface area (Å²) in [6, 6.07) is 0. The molecule has 1 aromatic rings. The standard InChI is InChI=1S/C12H16N2O3S/c1-2-7-5-13-10(18-7)6-14-11(15)8-3-4-9(8)12(16)17/h5,8-9H,2-4,6H2,1H3,(H,14,15)(H,16,17). The number of rotatable bonds is 5. The molecule has 2 unspecified atom stereocenters. The Hall–Kier alpha value is -1.43. The number of carbonyl (C=O) groups excluding carboxylic acids is 1. The Labute approximate surface area is 109 Å². The molecule has 2 rings (SSSR count). The fourth-order valence-electron chi connectivity index (χ4n) is 2.00. The number of nitrogens with one attached hydrogen (secondary N) is 1. The van der Waals surface area contributed by atoms with Gasteiger partial charge in [-0.2, -0.15) is 0 Å².